The molecule has 126 valence electrons. The first-order valence-corrected chi connectivity index (χ1v) is 7.83. The molecule has 2 rings (SSSR count). The molecule has 0 spiro atoms. The summed E-state index contributed by atoms with van der Waals surface area (Å²) in [5, 5.41) is 9.45. The second kappa shape index (κ2) is 7.55. The Morgan fingerprint density at radius 3 is 2.78 bits per heavy atom. The highest BCUT2D eigenvalue weighted by molar-refractivity contribution is 6.32. The largest absolute Gasteiger partial charge is 0.491 e. The van der Waals surface area contributed by atoms with Crippen LogP contribution in [0.25, 0.3) is 0 Å². The summed E-state index contributed by atoms with van der Waals surface area (Å²) in [6, 6.07) is 3.61. The first kappa shape index (κ1) is 17.4. The molecule has 6 nitrogen and oxygen atoms in total. The standard InChI is InChI=1S/C16H20ClNO5/c1-3-23-13-7-10(6-12(17)15(13)22-2)4-5-18-9-11(16(20)21)8-14(18)19/h6-7,11H,3-5,8-9H2,1-2H3,(H,20,21). The molecule has 1 saturated heterocycles. The fraction of sp³-hybridized carbons (Fsp3) is 0.500. The molecule has 7 heteroatoms. The SMILES string of the molecule is CCOc1cc(CCN2CC(C(=O)O)CC2=O)cc(Cl)c1OC. The summed E-state index contributed by atoms with van der Waals surface area (Å²) in [7, 11) is 1.53. The third-order valence-electron chi connectivity index (χ3n) is 3.81. The number of likely N-dealkylation sites (tertiary alicyclic amines) is 1. The van der Waals surface area contributed by atoms with Gasteiger partial charge in [-0.2, -0.15) is 0 Å². The summed E-state index contributed by atoms with van der Waals surface area (Å²) in [6.45, 7) is 3.07. The molecule has 1 N–H and O–H groups in total. The number of aliphatic carboxylic acids is 1. The first-order chi connectivity index (χ1) is 11.0. The number of rotatable bonds is 7. The van der Waals surface area contributed by atoms with Gasteiger partial charge >= 0.3 is 5.97 Å². The van der Waals surface area contributed by atoms with E-state index in [0.29, 0.717) is 36.1 Å². The van der Waals surface area contributed by atoms with E-state index in [1.807, 2.05) is 13.0 Å². The number of carboxylic acid groups (broad SMARTS) is 1. The number of methoxy groups -OCH3 is 1. The van der Waals surface area contributed by atoms with Gasteiger partial charge in [-0.3, -0.25) is 9.59 Å². The molecular weight excluding hydrogens is 322 g/mol. The average Bonchev–Trinajstić information content (AvgIpc) is 2.87. The molecule has 1 heterocycles. The summed E-state index contributed by atoms with van der Waals surface area (Å²) < 4.78 is 10.8. The monoisotopic (exact) mass is 341 g/mol. The van der Waals surface area contributed by atoms with Gasteiger partial charge < -0.3 is 19.5 Å². The Morgan fingerprint density at radius 2 is 2.22 bits per heavy atom. The Hall–Kier alpha value is -1.95. The zero-order valence-electron chi connectivity index (χ0n) is 13.2. The summed E-state index contributed by atoms with van der Waals surface area (Å²) in [4.78, 5) is 24.4. The van der Waals surface area contributed by atoms with E-state index in [-0.39, 0.29) is 18.9 Å². The van der Waals surface area contributed by atoms with Crippen molar-refractivity contribution in [2.45, 2.75) is 19.8 Å². The molecule has 0 radical (unpaired) electrons. The third kappa shape index (κ3) is 4.07. The Bertz CT molecular complexity index is 604. The van der Waals surface area contributed by atoms with E-state index in [9.17, 15) is 9.59 Å². The molecule has 1 aromatic rings. The zero-order valence-corrected chi connectivity index (χ0v) is 13.9. The van der Waals surface area contributed by atoms with Gasteiger partial charge in [0.05, 0.1) is 24.7 Å². The van der Waals surface area contributed by atoms with Gasteiger partial charge in [-0.05, 0) is 31.0 Å². The van der Waals surface area contributed by atoms with Crippen LogP contribution >= 0.6 is 11.6 Å². The number of carboxylic acids is 1. The van der Waals surface area contributed by atoms with Crippen molar-refractivity contribution in [3.05, 3.63) is 22.7 Å². The lowest BCUT2D eigenvalue weighted by molar-refractivity contribution is -0.141. The number of benzene rings is 1. The van der Waals surface area contributed by atoms with Crippen molar-refractivity contribution in [3.8, 4) is 11.5 Å². The first-order valence-electron chi connectivity index (χ1n) is 7.46. The van der Waals surface area contributed by atoms with Crippen molar-refractivity contribution in [1.82, 2.24) is 4.90 Å². The Labute approximate surface area is 139 Å². The van der Waals surface area contributed by atoms with Crippen molar-refractivity contribution in [3.63, 3.8) is 0 Å². The summed E-state index contributed by atoms with van der Waals surface area (Å²) in [5.41, 5.74) is 0.908. The predicted octanol–water partition coefficient (Wildman–Crippen LogP) is 2.22. The smallest absolute Gasteiger partial charge is 0.308 e. The maximum Gasteiger partial charge on any atom is 0.308 e. The Morgan fingerprint density at radius 1 is 1.48 bits per heavy atom. The van der Waals surface area contributed by atoms with Crippen LogP contribution in [-0.4, -0.2) is 48.7 Å². The molecule has 0 saturated carbocycles. The van der Waals surface area contributed by atoms with Gasteiger partial charge in [0.25, 0.3) is 0 Å². The number of hydrogen-bond donors (Lipinski definition) is 1. The summed E-state index contributed by atoms with van der Waals surface area (Å²) in [5.74, 6) is -0.607. The van der Waals surface area contributed by atoms with E-state index in [1.165, 1.54) is 7.11 Å². The molecule has 23 heavy (non-hydrogen) atoms. The minimum absolute atomic E-state index is 0.0723. The van der Waals surface area contributed by atoms with Crippen molar-refractivity contribution in [2.24, 2.45) is 5.92 Å². The third-order valence-corrected chi connectivity index (χ3v) is 4.09. The highest BCUT2D eigenvalue weighted by Crippen LogP contribution is 2.36. The van der Waals surface area contributed by atoms with Gasteiger partial charge in [0.15, 0.2) is 11.5 Å². The van der Waals surface area contributed by atoms with Crippen LogP contribution in [0.5, 0.6) is 11.5 Å². The number of halogens is 1. The lowest BCUT2D eigenvalue weighted by Gasteiger charge is -2.17. The van der Waals surface area contributed by atoms with Crippen molar-refractivity contribution in [1.29, 1.82) is 0 Å². The van der Waals surface area contributed by atoms with Crippen molar-refractivity contribution in [2.75, 3.05) is 26.8 Å². The summed E-state index contributed by atoms with van der Waals surface area (Å²) in [6.07, 6.45) is 0.644. The van der Waals surface area contributed by atoms with E-state index in [2.05, 4.69) is 0 Å². The van der Waals surface area contributed by atoms with Crippen LogP contribution in [0.1, 0.15) is 18.9 Å². The lowest BCUT2D eigenvalue weighted by atomic mass is 10.1. The number of carbonyl (C=O) groups excluding carboxylic acids is 1. The molecule has 1 unspecified atom stereocenters. The van der Waals surface area contributed by atoms with Gasteiger partial charge in [0, 0.05) is 19.5 Å². The zero-order chi connectivity index (χ0) is 17.0. The van der Waals surface area contributed by atoms with E-state index < -0.39 is 11.9 Å². The fourth-order valence-corrected chi connectivity index (χ4v) is 2.95. The molecule has 1 fully saturated rings. The molecule has 0 aromatic heterocycles. The minimum atomic E-state index is -0.924. The van der Waals surface area contributed by atoms with Crippen molar-refractivity contribution >= 4 is 23.5 Å². The molecule has 0 aliphatic carbocycles. The van der Waals surface area contributed by atoms with Crippen LogP contribution in [0.2, 0.25) is 5.02 Å². The van der Waals surface area contributed by atoms with Crippen LogP contribution < -0.4 is 9.47 Å². The van der Waals surface area contributed by atoms with Crippen LogP contribution in [0.15, 0.2) is 12.1 Å². The number of hydrogen-bond acceptors (Lipinski definition) is 4. The normalized spacial score (nSPS) is 17.4. The Kier molecular flexibility index (Phi) is 5.71. The minimum Gasteiger partial charge on any atom is -0.491 e. The maximum absolute atomic E-state index is 11.8. The lowest BCUT2D eigenvalue weighted by Crippen LogP contribution is -2.28. The van der Waals surface area contributed by atoms with Gasteiger partial charge in [-0.25, -0.2) is 0 Å². The second-order valence-corrected chi connectivity index (χ2v) is 5.78. The molecule has 1 aromatic carbocycles. The number of carbonyl (C=O) groups is 2. The fourth-order valence-electron chi connectivity index (χ4n) is 2.64. The maximum atomic E-state index is 11.8. The summed E-state index contributed by atoms with van der Waals surface area (Å²) >= 11 is 6.20. The quantitative estimate of drug-likeness (QED) is 0.823. The molecule has 1 atom stereocenters. The average molecular weight is 342 g/mol. The van der Waals surface area contributed by atoms with Crippen LogP contribution in [-0.2, 0) is 16.0 Å². The molecular formula is C16H20ClNO5. The predicted molar refractivity (Wildman–Crippen MR) is 85.2 cm³/mol. The number of ether oxygens (including phenoxy) is 2. The van der Waals surface area contributed by atoms with E-state index >= 15 is 0 Å². The molecule has 1 aliphatic rings. The number of nitrogens with zero attached hydrogens (tertiary/aromatic N) is 1. The topological polar surface area (TPSA) is 76.1 Å². The second-order valence-electron chi connectivity index (χ2n) is 5.37. The molecule has 1 amide bonds. The molecule has 1 aliphatic heterocycles. The van der Waals surface area contributed by atoms with E-state index in [1.54, 1.807) is 11.0 Å². The van der Waals surface area contributed by atoms with Crippen LogP contribution in [0, 0.1) is 5.92 Å². The van der Waals surface area contributed by atoms with Gasteiger partial charge in [0.1, 0.15) is 0 Å². The van der Waals surface area contributed by atoms with Gasteiger partial charge in [-0.1, -0.05) is 11.6 Å². The van der Waals surface area contributed by atoms with Gasteiger partial charge in [0.2, 0.25) is 5.91 Å². The molecule has 0 bridgehead atoms. The number of amides is 1. The van der Waals surface area contributed by atoms with Crippen molar-refractivity contribution < 1.29 is 24.2 Å². The Balaban J connectivity index is 2.06. The highest BCUT2D eigenvalue weighted by Gasteiger charge is 2.33. The van der Waals surface area contributed by atoms with Gasteiger partial charge in [-0.15, -0.1) is 0 Å². The van der Waals surface area contributed by atoms with Crippen LogP contribution in [0.4, 0.5) is 0 Å². The van der Waals surface area contributed by atoms with Crippen LogP contribution in [0.3, 0.4) is 0 Å². The van der Waals surface area contributed by atoms with E-state index in [0.717, 1.165) is 5.56 Å². The van der Waals surface area contributed by atoms with E-state index in [4.69, 9.17) is 26.2 Å². The highest BCUT2D eigenvalue weighted by atomic mass is 35.5.